The van der Waals surface area contributed by atoms with Gasteiger partial charge in [0.15, 0.2) is 0 Å². The molecule has 0 bridgehead atoms. The topological polar surface area (TPSA) is 17.8 Å². The van der Waals surface area contributed by atoms with E-state index < -0.39 is 0 Å². The van der Waals surface area contributed by atoms with Crippen LogP contribution in [0.1, 0.15) is 25.3 Å². The van der Waals surface area contributed by atoms with Crippen molar-refractivity contribution in [2.45, 2.75) is 19.8 Å². The highest BCUT2D eigenvalue weighted by Crippen LogP contribution is 2.00. The predicted octanol–water partition coefficient (Wildman–Crippen LogP) is 2.23. The Kier molecular flexibility index (Phi) is 2.90. The van der Waals surface area contributed by atoms with Crippen molar-refractivity contribution in [1.82, 2.24) is 9.78 Å². The molecule has 2 heteroatoms. The summed E-state index contributed by atoms with van der Waals surface area (Å²) in [5.41, 5.74) is 1.18. The van der Waals surface area contributed by atoms with Crippen LogP contribution in [0.2, 0.25) is 0 Å². The van der Waals surface area contributed by atoms with Gasteiger partial charge in [-0.2, -0.15) is 5.10 Å². The molecule has 0 amide bonds. The molecular formula is C9H14N2. The molecule has 60 valence electrons. The van der Waals surface area contributed by atoms with Gasteiger partial charge in [-0.3, -0.25) is 4.68 Å². The van der Waals surface area contributed by atoms with E-state index in [0.717, 1.165) is 6.42 Å². The molecule has 11 heavy (non-hydrogen) atoms. The number of rotatable bonds is 3. The lowest BCUT2D eigenvalue weighted by atomic mass is 10.2. The summed E-state index contributed by atoms with van der Waals surface area (Å²) in [5.74, 6) is 0. The summed E-state index contributed by atoms with van der Waals surface area (Å²) in [6.07, 6.45) is 10.5. The minimum Gasteiger partial charge on any atom is -0.275 e. The van der Waals surface area contributed by atoms with Gasteiger partial charge < -0.3 is 0 Å². The molecule has 0 aliphatic carbocycles. The Hall–Kier alpha value is -1.05. The highest BCUT2D eigenvalue weighted by Gasteiger charge is 1.87. The Labute approximate surface area is 67.5 Å². The molecule has 0 radical (unpaired) electrons. The quantitative estimate of drug-likeness (QED) is 0.646. The van der Waals surface area contributed by atoms with Gasteiger partial charge in [0.2, 0.25) is 0 Å². The summed E-state index contributed by atoms with van der Waals surface area (Å²) in [6, 6.07) is 0. The SMILES string of the molecule is CCC/C=C/c1cnn(C)c1. The first-order valence-corrected chi connectivity index (χ1v) is 3.98. The summed E-state index contributed by atoms with van der Waals surface area (Å²) in [4.78, 5) is 0. The van der Waals surface area contributed by atoms with Gasteiger partial charge in [0.05, 0.1) is 6.20 Å². The molecule has 0 atom stereocenters. The Morgan fingerprint density at radius 1 is 1.64 bits per heavy atom. The Bertz CT molecular complexity index is 235. The van der Waals surface area contributed by atoms with Gasteiger partial charge in [-0.25, -0.2) is 0 Å². The molecular weight excluding hydrogens is 136 g/mol. The molecule has 2 nitrogen and oxygen atoms in total. The van der Waals surface area contributed by atoms with Crippen LogP contribution >= 0.6 is 0 Å². The Balaban J connectivity index is 2.50. The summed E-state index contributed by atoms with van der Waals surface area (Å²) in [7, 11) is 1.93. The van der Waals surface area contributed by atoms with Crippen LogP contribution in [-0.2, 0) is 7.05 Å². The Morgan fingerprint density at radius 2 is 2.45 bits per heavy atom. The van der Waals surface area contributed by atoms with Crippen molar-refractivity contribution < 1.29 is 0 Å². The molecule has 1 heterocycles. The molecule has 1 aromatic heterocycles. The van der Waals surface area contributed by atoms with E-state index in [2.05, 4.69) is 24.2 Å². The largest absolute Gasteiger partial charge is 0.275 e. The smallest absolute Gasteiger partial charge is 0.0562 e. The highest BCUT2D eigenvalue weighted by atomic mass is 15.2. The van der Waals surface area contributed by atoms with Crippen molar-refractivity contribution in [2.24, 2.45) is 7.05 Å². The zero-order valence-corrected chi connectivity index (χ0v) is 7.12. The second-order valence-corrected chi connectivity index (χ2v) is 2.64. The summed E-state index contributed by atoms with van der Waals surface area (Å²) in [6.45, 7) is 2.17. The average Bonchev–Trinajstić information content (AvgIpc) is 2.37. The first-order chi connectivity index (χ1) is 5.33. The van der Waals surface area contributed by atoms with Crippen LogP contribution in [-0.4, -0.2) is 9.78 Å². The van der Waals surface area contributed by atoms with Crippen molar-refractivity contribution >= 4 is 6.08 Å². The van der Waals surface area contributed by atoms with Crippen molar-refractivity contribution in [1.29, 1.82) is 0 Å². The van der Waals surface area contributed by atoms with E-state index in [0.29, 0.717) is 0 Å². The minimum absolute atomic E-state index is 1.15. The molecule has 0 saturated carbocycles. The van der Waals surface area contributed by atoms with Gasteiger partial charge in [-0.15, -0.1) is 0 Å². The lowest BCUT2D eigenvalue weighted by Gasteiger charge is -1.83. The second-order valence-electron chi connectivity index (χ2n) is 2.64. The van der Waals surface area contributed by atoms with Gasteiger partial charge in [0.1, 0.15) is 0 Å². The zero-order valence-electron chi connectivity index (χ0n) is 7.12. The number of hydrogen-bond acceptors (Lipinski definition) is 1. The van der Waals surface area contributed by atoms with Crippen molar-refractivity contribution in [2.75, 3.05) is 0 Å². The highest BCUT2D eigenvalue weighted by molar-refractivity contribution is 5.46. The van der Waals surface area contributed by atoms with Gasteiger partial charge in [0.25, 0.3) is 0 Å². The first kappa shape index (κ1) is 8.05. The second kappa shape index (κ2) is 3.96. The van der Waals surface area contributed by atoms with Crippen LogP contribution in [0.4, 0.5) is 0 Å². The molecule has 0 N–H and O–H groups in total. The molecule has 0 saturated heterocycles. The molecule has 1 rings (SSSR count). The normalized spacial score (nSPS) is 11.1. The standard InChI is InChI=1S/C9H14N2/c1-3-4-5-6-9-7-10-11(2)8-9/h5-8H,3-4H2,1-2H3/b6-5+. The number of allylic oxidation sites excluding steroid dienone is 1. The van der Waals surface area contributed by atoms with Crippen LogP contribution in [0.5, 0.6) is 0 Å². The summed E-state index contributed by atoms with van der Waals surface area (Å²) < 4.78 is 1.81. The number of aromatic nitrogens is 2. The van der Waals surface area contributed by atoms with E-state index in [1.165, 1.54) is 12.0 Å². The summed E-state index contributed by atoms with van der Waals surface area (Å²) >= 11 is 0. The van der Waals surface area contributed by atoms with E-state index in [1.54, 1.807) is 0 Å². The number of nitrogens with zero attached hydrogens (tertiary/aromatic N) is 2. The van der Waals surface area contributed by atoms with Crippen LogP contribution in [0.25, 0.3) is 6.08 Å². The molecule has 0 aliphatic rings. The molecule has 0 fully saturated rings. The average molecular weight is 150 g/mol. The molecule has 0 unspecified atom stereocenters. The van der Waals surface area contributed by atoms with Crippen molar-refractivity contribution in [3.8, 4) is 0 Å². The summed E-state index contributed by atoms with van der Waals surface area (Å²) in [5, 5.41) is 4.06. The zero-order chi connectivity index (χ0) is 8.10. The third-order valence-electron chi connectivity index (χ3n) is 1.49. The third-order valence-corrected chi connectivity index (χ3v) is 1.49. The maximum absolute atomic E-state index is 4.06. The molecule has 0 aromatic carbocycles. The Morgan fingerprint density at radius 3 is 3.00 bits per heavy atom. The molecule has 1 aromatic rings. The van der Waals surface area contributed by atoms with Gasteiger partial charge in [-0.1, -0.05) is 25.5 Å². The lowest BCUT2D eigenvalue weighted by molar-refractivity contribution is 0.767. The first-order valence-electron chi connectivity index (χ1n) is 3.98. The van der Waals surface area contributed by atoms with Crippen LogP contribution < -0.4 is 0 Å². The van der Waals surface area contributed by atoms with Crippen LogP contribution in [0, 0.1) is 0 Å². The monoisotopic (exact) mass is 150 g/mol. The lowest BCUT2D eigenvalue weighted by Crippen LogP contribution is -1.83. The van der Waals surface area contributed by atoms with Crippen LogP contribution in [0.3, 0.4) is 0 Å². The van der Waals surface area contributed by atoms with Crippen LogP contribution in [0.15, 0.2) is 18.5 Å². The maximum atomic E-state index is 4.06. The van der Waals surface area contributed by atoms with E-state index in [4.69, 9.17) is 0 Å². The van der Waals surface area contributed by atoms with E-state index >= 15 is 0 Å². The third kappa shape index (κ3) is 2.58. The fourth-order valence-electron chi connectivity index (χ4n) is 0.912. The van der Waals surface area contributed by atoms with Gasteiger partial charge in [0, 0.05) is 18.8 Å². The minimum atomic E-state index is 1.15. The van der Waals surface area contributed by atoms with Crippen molar-refractivity contribution in [3.05, 3.63) is 24.0 Å². The maximum Gasteiger partial charge on any atom is 0.0562 e. The molecule has 0 aliphatic heterocycles. The van der Waals surface area contributed by atoms with E-state index in [-0.39, 0.29) is 0 Å². The van der Waals surface area contributed by atoms with Gasteiger partial charge in [-0.05, 0) is 6.42 Å². The number of unbranched alkanes of at least 4 members (excludes halogenated alkanes) is 1. The fourth-order valence-corrected chi connectivity index (χ4v) is 0.912. The van der Waals surface area contributed by atoms with E-state index in [1.807, 2.05) is 24.1 Å². The number of hydrogen-bond donors (Lipinski definition) is 0. The number of aryl methyl sites for hydroxylation is 1. The van der Waals surface area contributed by atoms with Crippen molar-refractivity contribution in [3.63, 3.8) is 0 Å². The molecule has 0 spiro atoms. The van der Waals surface area contributed by atoms with E-state index in [9.17, 15) is 0 Å². The fraction of sp³-hybridized carbons (Fsp3) is 0.444. The predicted molar refractivity (Wildman–Crippen MR) is 47.2 cm³/mol. The van der Waals surface area contributed by atoms with Gasteiger partial charge >= 0.3 is 0 Å².